The van der Waals surface area contributed by atoms with Crippen LogP contribution >= 0.6 is 11.8 Å². The number of fused-ring (bicyclic) bond motifs is 1. The number of nitrogens with zero attached hydrogens (tertiary/aromatic N) is 1. The van der Waals surface area contributed by atoms with Crippen molar-refractivity contribution in [1.29, 1.82) is 0 Å². The molecule has 3 saturated heterocycles. The fourth-order valence-electron chi connectivity index (χ4n) is 6.15. The van der Waals surface area contributed by atoms with E-state index in [0.717, 1.165) is 18.4 Å². The molecule has 3 heterocycles. The van der Waals surface area contributed by atoms with Gasteiger partial charge in [-0.1, -0.05) is 37.3 Å². The maximum absolute atomic E-state index is 14.1. The first kappa shape index (κ1) is 24.1. The van der Waals surface area contributed by atoms with Crippen molar-refractivity contribution in [2.75, 3.05) is 13.2 Å². The summed E-state index contributed by atoms with van der Waals surface area (Å²) in [4.78, 5) is 42.7. The number of benzene rings is 1. The van der Waals surface area contributed by atoms with E-state index in [0.29, 0.717) is 13.0 Å². The van der Waals surface area contributed by atoms with E-state index in [9.17, 15) is 19.5 Å². The Morgan fingerprint density at radius 2 is 1.91 bits per heavy atom. The number of hydrogen-bond donors (Lipinski definition) is 3. The van der Waals surface area contributed by atoms with Crippen LogP contribution in [0.15, 0.2) is 30.3 Å². The zero-order valence-electron chi connectivity index (χ0n) is 19.8. The highest BCUT2D eigenvalue weighted by molar-refractivity contribution is 8.02. The second-order valence-electron chi connectivity index (χ2n) is 10.0. The SMILES string of the molecule is CCCNC(=O)[C@H]1[C@H]2C(=O)N([C@H](CO)c3ccccc3)C(C(=O)NC(C)C)C23CC[C@]1(C)S3. The lowest BCUT2D eigenvalue weighted by molar-refractivity contribution is -0.143. The number of nitrogens with one attached hydrogen (secondary N) is 2. The normalized spacial score (nSPS) is 33.3. The van der Waals surface area contributed by atoms with Gasteiger partial charge in [0.2, 0.25) is 17.7 Å². The largest absolute Gasteiger partial charge is 0.394 e. The molecule has 2 unspecified atom stereocenters. The third-order valence-electron chi connectivity index (χ3n) is 7.42. The van der Waals surface area contributed by atoms with Crippen LogP contribution in [0.3, 0.4) is 0 Å². The van der Waals surface area contributed by atoms with E-state index in [4.69, 9.17) is 0 Å². The van der Waals surface area contributed by atoms with E-state index in [1.165, 1.54) is 0 Å². The average Bonchev–Trinajstić information content (AvgIpc) is 3.34. The van der Waals surface area contributed by atoms with Crippen LogP contribution in [0.25, 0.3) is 0 Å². The topological polar surface area (TPSA) is 98.7 Å². The summed E-state index contributed by atoms with van der Waals surface area (Å²) in [6, 6.07) is 7.87. The molecule has 3 N–H and O–H groups in total. The van der Waals surface area contributed by atoms with Crippen molar-refractivity contribution < 1.29 is 19.5 Å². The molecule has 1 spiro atoms. The molecule has 6 atom stereocenters. The highest BCUT2D eigenvalue weighted by atomic mass is 32.2. The van der Waals surface area contributed by atoms with Crippen molar-refractivity contribution in [2.24, 2.45) is 11.8 Å². The van der Waals surface area contributed by atoms with Crippen LogP contribution in [-0.4, -0.2) is 62.5 Å². The van der Waals surface area contributed by atoms with E-state index in [2.05, 4.69) is 17.6 Å². The van der Waals surface area contributed by atoms with E-state index in [-0.39, 0.29) is 35.1 Å². The first-order valence-electron chi connectivity index (χ1n) is 12.0. The Labute approximate surface area is 200 Å². The Kier molecular flexibility index (Phi) is 6.53. The number of thioether (sulfide) groups is 1. The zero-order chi connectivity index (χ0) is 24.0. The molecule has 3 aliphatic rings. The number of hydrogen-bond acceptors (Lipinski definition) is 5. The van der Waals surface area contributed by atoms with Crippen LogP contribution in [0.5, 0.6) is 0 Å². The third kappa shape index (κ3) is 3.75. The molecule has 3 fully saturated rings. The summed E-state index contributed by atoms with van der Waals surface area (Å²) in [6.45, 7) is 8.13. The van der Waals surface area contributed by atoms with Gasteiger partial charge in [0.15, 0.2) is 0 Å². The van der Waals surface area contributed by atoms with E-state index in [1.807, 2.05) is 51.1 Å². The minimum atomic E-state index is -0.745. The number of amides is 3. The van der Waals surface area contributed by atoms with Gasteiger partial charge in [0, 0.05) is 17.3 Å². The minimum absolute atomic E-state index is 0.0861. The molecule has 1 aromatic rings. The fraction of sp³-hybridized carbons (Fsp3) is 0.640. The standard InChI is InChI=1S/C25H35N3O4S/c1-5-13-26-21(30)18-19-23(32)28(17(14-29)16-9-7-6-8-10-16)20(22(31)27-15(2)3)25(19)12-11-24(18,4)33-25/h6-10,15,17-20,29H,5,11-14H2,1-4H3,(H,26,30)(H,27,31)/t17-,18-,19+,20?,24+,25?/m1/s1. The molecule has 0 aromatic heterocycles. The average molecular weight is 474 g/mol. The predicted molar refractivity (Wildman–Crippen MR) is 128 cm³/mol. The minimum Gasteiger partial charge on any atom is -0.394 e. The van der Waals surface area contributed by atoms with Gasteiger partial charge in [0.05, 0.1) is 29.2 Å². The van der Waals surface area contributed by atoms with Gasteiger partial charge in [0.25, 0.3) is 0 Å². The highest BCUT2D eigenvalue weighted by Crippen LogP contribution is 2.71. The smallest absolute Gasteiger partial charge is 0.244 e. The molecule has 8 heteroatoms. The number of aliphatic hydroxyl groups is 1. The molecule has 0 radical (unpaired) electrons. The Morgan fingerprint density at radius 1 is 1.21 bits per heavy atom. The van der Waals surface area contributed by atoms with Crippen molar-refractivity contribution in [3.05, 3.63) is 35.9 Å². The molecular formula is C25H35N3O4S. The Morgan fingerprint density at radius 3 is 2.52 bits per heavy atom. The first-order valence-corrected chi connectivity index (χ1v) is 12.8. The molecule has 7 nitrogen and oxygen atoms in total. The summed E-state index contributed by atoms with van der Waals surface area (Å²) in [6.07, 6.45) is 2.29. The summed E-state index contributed by atoms with van der Waals surface area (Å²) in [5.74, 6) is -1.59. The van der Waals surface area contributed by atoms with Gasteiger partial charge in [-0.3, -0.25) is 14.4 Å². The third-order valence-corrected chi connectivity index (χ3v) is 9.40. The maximum Gasteiger partial charge on any atom is 0.244 e. The van der Waals surface area contributed by atoms with Gasteiger partial charge < -0.3 is 20.6 Å². The number of likely N-dealkylation sites (tertiary alicyclic amines) is 1. The number of carbonyl (C=O) groups excluding carboxylic acids is 3. The summed E-state index contributed by atoms with van der Waals surface area (Å²) in [7, 11) is 0. The molecule has 0 saturated carbocycles. The van der Waals surface area contributed by atoms with E-state index >= 15 is 0 Å². The summed E-state index contributed by atoms with van der Waals surface area (Å²) in [5, 5.41) is 16.4. The Balaban J connectivity index is 1.81. The van der Waals surface area contributed by atoms with Gasteiger partial charge in [-0.2, -0.15) is 0 Å². The first-order chi connectivity index (χ1) is 15.7. The molecule has 2 bridgehead atoms. The van der Waals surface area contributed by atoms with Crippen molar-refractivity contribution in [2.45, 2.75) is 74.6 Å². The van der Waals surface area contributed by atoms with Gasteiger partial charge in [-0.15, -0.1) is 11.8 Å². The van der Waals surface area contributed by atoms with Crippen molar-refractivity contribution in [3.63, 3.8) is 0 Å². The molecule has 4 rings (SSSR count). The summed E-state index contributed by atoms with van der Waals surface area (Å²) >= 11 is 1.65. The van der Waals surface area contributed by atoms with E-state index in [1.54, 1.807) is 16.7 Å². The van der Waals surface area contributed by atoms with Gasteiger partial charge in [-0.25, -0.2) is 0 Å². The van der Waals surface area contributed by atoms with Gasteiger partial charge in [0.1, 0.15) is 6.04 Å². The lowest BCUT2D eigenvalue weighted by Crippen LogP contribution is -2.55. The molecular weight excluding hydrogens is 438 g/mol. The monoisotopic (exact) mass is 473 g/mol. The number of rotatable bonds is 8. The molecule has 180 valence electrons. The lowest BCUT2D eigenvalue weighted by atomic mass is 9.66. The Hall–Kier alpha value is -2.06. The number of carbonyl (C=O) groups is 3. The summed E-state index contributed by atoms with van der Waals surface area (Å²) < 4.78 is -1.07. The highest BCUT2D eigenvalue weighted by Gasteiger charge is 2.77. The second-order valence-corrected chi connectivity index (χ2v) is 11.9. The Bertz CT molecular complexity index is 925. The maximum atomic E-state index is 14.1. The van der Waals surface area contributed by atoms with Crippen molar-refractivity contribution in [3.8, 4) is 0 Å². The van der Waals surface area contributed by atoms with Crippen LogP contribution < -0.4 is 10.6 Å². The van der Waals surface area contributed by atoms with Gasteiger partial charge >= 0.3 is 0 Å². The molecule has 0 aliphatic carbocycles. The van der Waals surface area contributed by atoms with Crippen LogP contribution in [0.4, 0.5) is 0 Å². The van der Waals surface area contributed by atoms with E-state index < -0.39 is 28.7 Å². The molecule has 33 heavy (non-hydrogen) atoms. The number of aliphatic hydroxyl groups excluding tert-OH is 1. The molecule has 3 aliphatic heterocycles. The molecule has 1 aromatic carbocycles. The van der Waals surface area contributed by atoms with Crippen molar-refractivity contribution >= 4 is 29.5 Å². The van der Waals surface area contributed by atoms with Crippen LogP contribution in [0.1, 0.15) is 58.6 Å². The fourth-order valence-corrected chi connectivity index (χ4v) is 8.49. The van der Waals surface area contributed by atoms with Gasteiger partial charge in [-0.05, 0) is 45.6 Å². The predicted octanol–water partition coefficient (Wildman–Crippen LogP) is 2.25. The molecule has 3 amide bonds. The summed E-state index contributed by atoms with van der Waals surface area (Å²) in [5.41, 5.74) is 0.782. The van der Waals surface area contributed by atoms with Crippen LogP contribution in [-0.2, 0) is 14.4 Å². The quantitative estimate of drug-likeness (QED) is 0.538. The lowest BCUT2D eigenvalue weighted by Gasteiger charge is -2.37. The zero-order valence-corrected chi connectivity index (χ0v) is 20.7. The second kappa shape index (κ2) is 8.95. The van der Waals surface area contributed by atoms with Crippen LogP contribution in [0.2, 0.25) is 0 Å². The van der Waals surface area contributed by atoms with Crippen molar-refractivity contribution in [1.82, 2.24) is 15.5 Å². The van der Waals surface area contributed by atoms with Crippen LogP contribution in [0, 0.1) is 11.8 Å².